The van der Waals surface area contributed by atoms with E-state index in [1.54, 1.807) is 20.8 Å². The van der Waals surface area contributed by atoms with Gasteiger partial charge in [-0.3, -0.25) is 0 Å². The number of anilines is 1. The summed E-state index contributed by atoms with van der Waals surface area (Å²) in [5.41, 5.74) is 5.11. The van der Waals surface area contributed by atoms with Crippen molar-refractivity contribution in [2.24, 2.45) is 0 Å². The molecule has 0 radical (unpaired) electrons. The molecule has 94 valence electrons. The van der Waals surface area contributed by atoms with Gasteiger partial charge in [0.25, 0.3) is 0 Å². The Morgan fingerprint density at radius 2 is 1.76 bits per heavy atom. The minimum absolute atomic E-state index is 0.000841. The van der Waals surface area contributed by atoms with Crippen LogP contribution < -0.4 is 5.73 Å². The molecule has 0 aliphatic heterocycles. The lowest BCUT2D eigenvalue weighted by Crippen LogP contribution is -2.24. The van der Waals surface area contributed by atoms with E-state index < -0.39 is 11.6 Å². The van der Waals surface area contributed by atoms with Gasteiger partial charge in [0.2, 0.25) is 0 Å². The second-order valence-electron chi connectivity index (χ2n) is 4.44. The molecule has 2 N–H and O–H groups in total. The van der Waals surface area contributed by atoms with Crippen LogP contribution >= 0.6 is 34.8 Å². The first-order valence-corrected chi connectivity index (χ1v) is 5.93. The third kappa shape index (κ3) is 3.41. The molecule has 6 heteroatoms. The first kappa shape index (κ1) is 14.4. The van der Waals surface area contributed by atoms with Gasteiger partial charge in [0.1, 0.15) is 11.2 Å². The molecular weight excluding hydrogens is 284 g/mol. The second-order valence-corrected chi connectivity index (χ2v) is 5.64. The van der Waals surface area contributed by atoms with Gasteiger partial charge in [-0.15, -0.1) is 0 Å². The Labute approximate surface area is 115 Å². The maximum atomic E-state index is 11.9. The molecule has 3 nitrogen and oxygen atoms in total. The Hall–Kier alpha value is -0.640. The van der Waals surface area contributed by atoms with Crippen molar-refractivity contribution in [3.05, 3.63) is 26.7 Å². The highest BCUT2D eigenvalue weighted by atomic mass is 35.5. The molecule has 0 bridgehead atoms. The van der Waals surface area contributed by atoms with Crippen LogP contribution in [-0.4, -0.2) is 11.6 Å². The number of halogens is 3. The molecule has 0 spiro atoms. The van der Waals surface area contributed by atoms with Crippen molar-refractivity contribution < 1.29 is 9.53 Å². The molecule has 0 heterocycles. The summed E-state index contributed by atoms with van der Waals surface area (Å²) in [4.78, 5) is 11.9. The number of carbonyl (C=O) groups excluding carboxylic acids is 1. The number of nitrogens with two attached hydrogens (primary N) is 1. The van der Waals surface area contributed by atoms with Crippen molar-refractivity contribution in [1.29, 1.82) is 0 Å². The van der Waals surface area contributed by atoms with E-state index in [1.165, 1.54) is 6.07 Å². The number of ether oxygens (including phenoxy) is 1. The molecule has 0 aromatic heterocycles. The average molecular weight is 297 g/mol. The number of hydrogen-bond donors (Lipinski definition) is 1. The Balaban J connectivity index is 3.27. The van der Waals surface area contributed by atoms with E-state index in [1.807, 2.05) is 0 Å². The molecule has 0 atom stereocenters. The predicted molar refractivity (Wildman–Crippen MR) is 71.1 cm³/mol. The van der Waals surface area contributed by atoms with Crippen molar-refractivity contribution in [2.75, 3.05) is 5.73 Å². The summed E-state index contributed by atoms with van der Waals surface area (Å²) in [6.07, 6.45) is 0. The number of benzene rings is 1. The summed E-state index contributed by atoms with van der Waals surface area (Å²) < 4.78 is 5.17. The van der Waals surface area contributed by atoms with Crippen molar-refractivity contribution in [2.45, 2.75) is 26.4 Å². The topological polar surface area (TPSA) is 52.3 Å². The van der Waals surface area contributed by atoms with Gasteiger partial charge >= 0.3 is 5.97 Å². The van der Waals surface area contributed by atoms with Crippen LogP contribution in [0.3, 0.4) is 0 Å². The zero-order valence-corrected chi connectivity index (χ0v) is 11.9. The fourth-order valence-electron chi connectivity index (χ4n) is 1.14. The van der Waals surface area contributed by atoms with Gasteiger partial charge < -0.3 is 10.5 Å². The lowest BCUT2D eigenvalue weighted by Gasteiger charge is -2.21. The van der Waals surface area contributed by atoms with Crippen LogP contribution in [0.4, 0.5) is 5.69 Å². The summed E-state index contributed by atoms with van der Waals surface area (Å²) in [7, 11) is 0. The SMILES string of the molecule is CC(C)(C)OC(=O)c1c(N)c(Cl)cc(Cl)c1Cl. The van der Waals surface area contributed by atoms with Gasteiger partial charge in [-0.25, -0.2) is 4.79 Å². The van der Waals surface area contributed by atoms with Gasteiger partial charge in [0.15, 0.2) is 0 Å². The van der Waals surface area contributed by atoms with Gasteiger partial charge in [-0.2, -0.15) is 0 Å². The Morgan fingerprint density at radius 3 is 2.24 bits per heavy atom. The van der Waals surface area contributed by atoms with E-state index in [-0.39, 0.29) is 26.3 Å². The van der Waals surface area contributed by atoms with E-state index >= 15 is 0 Å². The fourth-order valence-corrected chi connectivity index (χ4v) is 1.83. The van der Waals surface area contributed by atoms with Crippen molar-refractivity contribution >= 4 is 46.5 Å². The lowest BCUT2D eigenvalue weighted by atomic mass is 10.1. The van der Waals surface area contributed by atoms with Crippen LogP contribution in [0, 0.1) is 0 Å². The highest BCUT2D eigenvalue weighted by Crippen LogP contribution is 2.36. The molecule has 1 aromatic carbocycles. The molecule has 0 amide bonds. The smallest absolute Gasteiger partial charge is 0.342 e. The largest absolute Gasteiger partial charge is 0.456 e. The van der Waals surface area contributed by atoms with E-state index in [2.05, 4.69) is 0 Å². The van der Waals surface area contributed by atoms with Gasteiger partial charge in [-0.05, 0) is 26.8 Å². The number of esters is 1. The van der Waals surface area contributed by atoms with Gasteiger partial charge in [-0.1, -0.05) is 34.8 Å². The molecule has 0 aliphatic rings. The van der Waals surface area contributed by atoms with Crippen LogP contribution in [0.1, 0.15) is 31.1 Å². The highest BCUT2D eigenvalue weighted by Gasteiger charge is 2.25. The number of hydrogen-bond acceptors (Lipinski definition) is 3. The highest BCUT2D eigenvalue weighted by molar-refractivity contribution is 6.46. The molecule has 1 aromatic rings. The Bertz CT molecular complexity index is 441. The fraction of sp³-hybridized carbons (Fsp3) is 0.364. The number of rotatable bonds is 1. The van der Waals surface area contributed by atoms with Crippen molar-refractivity contribution in [3.8, 4) is 0 Å². The van der Waals surface area contributed by atoms with E-state index in [0.29, 0.717) is 0 Å². The minimum atomic E-state index is -0.651. The Kier molecular flexibility index (Phi) is 4.18. The minimum Gasteiger partial charge on any atom is -0.456 e. The average Bonchev–Trinajstić information content (AvgIpc) is 2.12. The maximum Gasteiger partial charge on any atom is 0.342 e. The van der Waals surface area contributed by atoms with Crippen LogP contribution in [0.2, 0.25) is 15.1 Å². The normalized spacial score (nSPS) is 11.4. The summed E-state index contributed by atoms with van der Waals surface area (Å²) in [6.45, 7) is 5.21. The molecule has 0 saturated carbocycles. The molecule has 0 fully saturated rings. The second kappa shape index (κ2) is 4.92. The first-order chi connectivity index (χ1) is 7.63. The van der Waals surface area contributed by atoms with Crippen LogP contribution in [0.5, 0.6) is 0 Å². The van der Waals surface area contributed by atoms with Gasteiger partial charge in [0, 0.05) is 0 Å². The monoisotopic (exact) mass is 295 g/mol. The number of carbonyl (C=O) groups is 1. The molecule has 0 unspecified atom stereocenters. The Morgan fingerprint density at radius 1 is 1.24 bits per heavy atom. The zero-order valence-electron chi connectivity index (χ0n) is 9.61. The summed E-state index contributed by atoms with van der Waals surface area (Å²) in [5, 5.41) is 0.370. The quantitative estimate of drug-likeness (QED) is 0.480. The molecule has 0 saturated heterocycles. The summed E-state index contributed by atoms with van der Waals surface area (Å²) in [6, 6.07) is 1.38. The van der Waals surface area contributed by atoms with Crippen LogP contribution in [0.25, 0.3) is 0 Å². The van der Waals surface area contributed by atoms with E-state index in [0.717, 1.165) is 0 Å². The molecular formula is C11H12Cl3NO2. The molecule has 0 aliphatic carbocycles. The standard InChI is InChI=1S/C11H12Cl3NO2/c1-11(2,3)17-10(16)7-8(14)5(12)4-6(13)9(7)15/h4H,15H2,1-3H3. The molecule has 1 rings (SSSR count). The summed E-state index contributed by atoms with van der Waals surface area (Å²) in [5.74, 6) is -0.649. The van der Waals surface area contributed by atoms with Crippen molar-refractivity contribution in [3.63, 3.8) is 0 Å². The lowest BCUT2D eigenvalue weighted by molar-refractivity contribution is 0.00710. The molecule has 17 heavy (non-hydrogen) atoms. The summed E-state index contributed by atoms with van der Waals surface area (Å²) >= 11 is 17.6. The predicted octanol–water partition coefficient (Wildman–Crippen LogP) is 4.18. The third-order valence-electron chi connectivity index (χ3n) is 1.81. The maximum absolute atomic E-state index is 11.9. The zero-order chi connectivity index (χ0) is 13.4. The first-order valence-electron chi connectivity index (χ1n) is 4.80. The third-order valence-corrected chi connectivity index (χ3v) is 2.91. The number of nitrogen functional groups attached to an aromatic ring is 1. The van der Waals surface area contributed by atoms with Crippen LogP contribution in [-0.2, 0) is 4.74 Å². The van der Waals surface area contributed by atoms with E-state index in [4.69, 9.17) is 45.3 Å². The van der Waals surface area contributed by atoms with Gasteiger partial charge in [0.05, 0.1) is 20.8 Å². The van der Waals surface area contributed by atoms with Crippen LogP contribution in [0.15, 0.2) is 6.07 Å². The van der Waals surface area contributed by atoms with E-state index in [9.17, 15) is 4.79 Å². The van der Waals surface area contributed by atoms with Crippen molar-refractivity contribution in [1.82, 2.24) is 0 Å².